The highest BCUT2D eigenvalue weighted by Crippen LogP contribution is 2.12. The minimum Gasteiger partial charge on any atom is -0.461 e. The summed E-state index contributed by atoms with van der Waals surface area (Å²) in [6.07, 6.45) is 0.660. The molecule has 7 nitrogen and oxygen atoms in total. The molecular weight excluding hydrogens is 324 g/mol. The normalized spacial score (nSPS) is 10.5. The first-order valence-electron chi connectivity index (χ1n) is 6.68. The zero-order valence-corrected chi connectivity index (χ0v) is 13.6. The molecule has 0 saturated carbocycles. The van der Waals surface area contributed by atoms with Gasteiger partial charge in [0.15, 0.2) is 5.69 Å². The van der Waals surface area contributed by atoms with E-state index in [0.717, 1.165) is 5.01 Å². The second-order valence-corrected chi connectivity index (χ2v) is 6.08. The second-order valence-electron chi connectivity index (χ2n) is 4.19. The van der Waals surface area contributed by atoms with Crippen molar-refractivity contribution >= 4 is 34.6 Å². The van der Waals surface area contributed by atoms with Gasteiger partial charge in [-0.25, -0.2) is 14.8 Å². The lowest BCUT2D eigenvalue weighted by atomic mass is 10.4. The van der Waals surface area contributed by atoms with Gasteiger partial charge in [-0.3, -0.25) is 4.79 Å². The number of hydrogen-bond acceptors (Lipinski definition) is 8. The van der Waals surface area contributed by atoms with Gasteiger partial charge in [0.2, 0.25) is 0 Å². The van der Waals surface area contributed by atoms with Crippen LogP contribution in [-0.2, 0) is 17.7 Å². The quantitative estimate of drug-likeness (QED) is 0.734. The van der Waals surface area contributed by atoms with Crippen molar-refractivity contribution in [3.63, 3.8) is 0 Å². The van der Waals surface area contributed by atoms with Crippen LogP contribution in [0.1, 0.15) is 37.9 Å². The van der Waals surface area contributed by atoms with Gasteiger partial charge in [-0.15, -0.1) is 22.7 Å². The van der Waals surface area contributed by atoms with Crippen LogP contribution in [0.5, 0.6) is 0 Å². The summed E-state index contributed by atoms with van der Waals surface area (Å²) in [5, 5.41) is 7.51. The number of thiazole rings is 2. The summed E-state index contributed by atoms with van der Waals surface area (Å²) >= 11 is 2.70. The molecule has 2 aromatic rings. The van der Waals surface area contributed by atoms with Crippen LogP contribution in [0.2, 0.25) is 0 Å². The van der Waals surface area contributed by atoms with Crippen molar-refractivity contribution in [2.45, 2.75) is 19.9 Å². The Kier molecular flexibility index (Phi) is 5.99. The summed E-state index contributed by atoms with van der Waals surface area (Å²) in [5.74, 6) is -0.727. The number of esters is 1. The van der Waals surface area contributed by atoms with Crippen molar-refractivity contribution < 1.29 is 14.3 Å². The van der Waals surface area contributed by atoms with Gasteiger partial charge in [0, 0.05) is 17.2 Å². The fraction of sp³-hybridized carbons (Fsp3) is 0.385. The molecule has 0 bridgehead atoms. The van der Waals surface area contributed by atoms with Crippen molar-refractivity contribution in [2.24, 2.45) is 5.73 Å². The number of ether oxygens (including phenoxy) is 1. The molecule has 0 radical (unpaired) electrons. The highest BCUT2D eigenvalue weighted by Gasteiger charge is 2.14. The molecule has 9 heteroatoms. The molecule has 1 amide bonds. The number of hydrogen-bond donors (Lipinski definition) is 2. The second kappa shape index (κ2) is 7.97. The van der Waals surface area contributed by atoms with E-state index >= 15 is 0 Å². The molecule has 0 atom stereocenters. The molecule has 0 fully saturated rings. The molecule has 2 rings (SSSR count). The summed E-state index contributed by atoms with van der Waals surface area (Å²) in [5.41, 5.74) is 6.08. The number of nitrogens with two attached hydrogens (primary N) is 1. The first-order chi connectivity index (χ1) is 10.6. The maximum atomic E-state index is 12.0. The third-order valence-corrected chi connectivity index (χ3v) is 4.34. The molecule has 3 N–H and O–H groups in total. The number of aromatic nitrogens is 2. The fourth-order valence-electron chi connectivity index (χ4n) is 1.59. The average Bonchev–Trinajstić information content (AvgIpc) is 3.14. The van der Waals surface area contributed by atoms with Gasteiger partial charge in [0.05, 0.1) is 18.2 Å². The lowest BCUT2D eigenvalue weighted by molar-refractivity contribution is 0.0520. The smallest absolute Gasteiger partial charge is 0.357 e. The Morgan fingerprint density at radius 1 is 1.23 bits per heavy atom. The minimum absolute atomic E-state index is 0.243. The maximum absolute atomic E-state index is 12.0. The van der Waals surface area contributed by atoms with E-state index in [9.17, 15) is 9.59 Å². The van der Waals surface area contributed by atoms with E-state index in [1.807, 2.05) is 0 Å². The van der Waals surface area contributed by atoms with E-state index in [1.54, 1.807) is 17.7 Å². The van der Waals surface area contributed by atoms with Crippen LogP contribution in [0.15, 0.2) is 10.8 Å². The first kappa shape index (κ1) is 16.5. The predicted molar refractivity (Wildman–Crippen MR) is 84.1 cm³/mol. The van der Waals surface area contributed by atoms with Crippen LogP contribution in [0.4, 0.5) is 0 Å². The zero-order chi connectivity index (χ0) is 15.9. The highest BCUT2D eigenvalue weighted by molar-refractivity contribution is 7.10. The monoisotopic (exact) mass is 340 g/mol. The van der Waals surface area contributed by atoms with Crippen molar-refractivity contribution in [1.29, 1.82) is 0 Å². The Hall–Kier alpha value is -1.84. The summed E-state index contributed by atoms with van der Waals surface area (Å²) in [6.45, 7) is 2.78. The van der Waals surface area contributed by atoms with Gasteiger partial charge >= 0.3 is 5.97 Å². The van der Waals surface area contributed by atoms with E-state index < -0.39 is 5.97 Å². The zero-order valence-electron chi connectivity index (χ0n) is 12.0. The van der Waals surface area contributed by atoms with Crippen LogP contribution in [0.3, 0.4) is 0 Å². The van der Waals surface area contributed by atoms with Crippen molar-refractivity contribution in [2.75, 3.05) is 13.2 Å². The Balaban J connectivity index is 1.89. The number of carbonyl (C=O) groups is 2. The molecule has 0 aliphatic heterocycles. The fourth-order valence-corrected chi connectivity index (χ4v) is 3.09. The SMILES string of the molecule is CCOC(=O)c1csc(CNC(=O)c2csc(CCN)n2)n1. The van der Waals surface area contributed by atoms with Gasteiger partial charge in [-0.1, -0.05) is 0 Å². The van der Waals surface area contributed by atoms with Gasteiger partial charge in [0.1, 0.15) is 10.7 Å². The molecular formula is C13H16N4O3S2. The summed E-state index contributed by atoms with van der Waals surface area (Å²) in [7, 11) is 0. The molecule has 2 heterocycles. The minimum atomic E-state index is -0.456. The van der Waals surface area contributed by atoms with Gasteiger partial charge < -0.3 is 15.8 Å². The topological polar surface area (TPSA) is 107 Å². The Morgan fingerprint density at radius 2 is 1.91 bits per heavy atom. The molecule has 0 unspecified atom stereocenters. The molecule has 0 aliphatic rings. The van der Waals surface area contributed by atoms with Gasteiger partial charge in [-0.05, 0) is 13.5 Å². The van der Waals surface area contributed by atoms with Gasteiger partial charge in [-0.2, -0.15) is 0 Å². The summed E-state index contributed by atoms with van der Waals surface area (Å²) in [4.78, 5) is 31.8. The van der Waals surface area contributed by atoms with E-state index in [1.165, 1.54) is 22.7 Å². The Bertz CT molecular complexity index is 653. The van der Waals surface area contributed by atoms with E-state index in [0.29, 0.717) is 30.3 Å². The first-order valence-corrected chi connectivity index (χ1v) is 8.44. The molecule has 0 spiro atoms. The van der Waals surface area contributed by atoms with E-state index in [4.69, 9.17) is 10.5 Å². The number of amides is 1. The van der Waals surface area contributed by atoms with Crippen LogP contribution in [0, 0.1) is 0 Å². The lowest BCUT2D eigenvalue weighted by Gasteiger charge is -2.00. The van der Waals surface area contributed by atoms with Crippen LogP contribution in [0.25, 0.3) is 0 Å². The summed E-state index contributed by atoms with van der Waals surface area (Å²) < 4.78 is 4.86. The number of nitrogens with zero attached hydrogens (tertiary/aromatic N) is 2. The van der Waals surface area contributed by atoms with Crippen LogP contribution >= 0.6 is 22.7 Å². The van der Waals surface area contributed by atoms with Crippen molar-refractivity contribution in [3.05, 3.63) is 32.2 Å². The number of rotatable bonds is 7. The predicted octanol–water partition coefficient (Wildman–Crippen LogP) is 1.21. The molecule has 22 heavy (non-hydrogen) atoms. The Morgan fingerprint density at radius 3 is 2.64 bits per heavy atom. The van der Waals surface area contributed by atoms with E-state index in [2.05, 4.69) is 15.3 Å². The van der Waals surface area contributed by atoms with Crippen LogP contribution < -0.4 is 11.1 Å². The van der Waals surface area contributed by atoms with Crippen molar-refractivity contribution in [1.82, 2.24) is 15.3 Å². The third kappa shape index (κ3) is 4.33. The molecule has 0 saturated heterocycles. The summed E-state index contributed by atoms with van der Waals surface area (Å²) in [6, 6.07) is 0. The third-order valence-electron chi connectivity index (χ3n) is 2.58. The number of nitrogens with one attached hydrogen (secondary N) is 1. The number of carbonyl (C=O) groups excluding carboxylic acids is 2. The maximum Gasteiger partial charge on any atom is 0.357 e. The average molecular weight is 340 g/mol. The molecule has 118 valence electrons. The van der Waals surface area contributed by atoms with Crippen molar-refractivity contribution in [3.8, 4) is 0 Å². The molecule has 0 aliphatic carbocycles. The van der Waals surface area contributed by atoms with Gasteiger partial charge in [0.25, 0.3) is 5.91 Å². The molecule has 0 aromatic carbocycles. The standard InChI is InChI=1S/C13H16N4O3S2/c1-2-20-13(19)9-7-22-11(17-9)5-15-12(18)8-6-21-10(16-8)3-4-14/h6-7H,2-5,14H2,1H3,(H,15,18). The lowest BCUT2D eigenvalue weighted by Crippen LogP contribution is -2.23. The largest absolute Gasteiger partial charge is 0.461 e. The van der Waals surface area contributed by atoms with E-state index in [-0.39, 0.29) is 18.1 Å². The highest BCUT2D eigenvalue weighted by atomic mass is 32.1. The van der Waals surface area contributed by atoms with Crippen LogP contribution in [-0.4, -0.2) is 35.0 Å². The Labute approximate surface area is 135 Å². The molecule has 2 aromatic heterocycles.